The Labute approximate surface area is 54.3 Å². The highest BCUT2D eigenvalue weighted by molar-refractivity contribution is 7.49. The topological polar surface area (TPSA) is 110 Å². The molecule has 0 saturated carbocycles. The molecule has 0 aliphatic rings. The fraction of sp³-hybridized carbons (Fsp3) is 1.00. The molecule has 0 atom stereocenters. The van der Waals surface area contributed by atoms with Crippen molar-refractivity contribution < 1.29 is 14.4 Å². The lowest BCUT2D eigenvalue weighted by Gasteiger charge is -1.84. The molecule has 6 N–H and O–H groups in total. The van der Waals surface area contributed by atoms with E-state index in [0.717, 1.165) is 0 Å². The van der Waals surface area contributed by atoms with Gasteiger partial charge in [-0.3, -0.25) is 0 Å². The standard InChI is InChI=1S/C3H9N.H4NO3P/c1-3(2)4;1-5(2,3)4/h3H,4H2,1-2H3;(H4,1,2,3,4). The highest BCUT2D eigenvalue weighted by Crippen LogP contribution is 2.20. The first-order valence-electron chi connectivity index (χ1n) is 2.33. The smallest absolute Gasteiger partial charge is 0.328 e. The zero-order valence-corrected chi connectivity index (χ0v) is 6.38. The molecule has 5 nitrogen and oxygen atoms in total. The minimum atomic E-state index is -4.14. The molecule has 0 aliphatic heterocycles. The predicted molar refractivity (Wildman–Crippen MR) is 35.6 cm³/mol. The highest BCUT2D eigenvalue weighted by Gasteiger charge is 1.96. The van der Waals surface area contributed by atoms with Crippen molar-refractivity contribution in [2.24, 2.45) is 11.2 Å². The molecule has 0 bridgehead atoms. The summed E-state index contributed by atoms with van der Waals surface area (Å²) < 4.78 is 9.10. The van der Waals surface area contributed by atoms with Crippen LogP contribution in [0, 0.1) is 0 Å². The van der Waals surface area contributed by atoms with Crippen molar-refractivity contribution in [3.8, 4) is 0 Å². The average Bonchev–Trinajstić information content (AvgIpc) is 1.19. The number of hydrogen-bond acceptors (Lipinski definition) is 2. The molecule has 0 aliphatic carbocycles. The lowest BCUT2D eigenvalue weighted by atomic mass is 10.5. The van der Waals surface area contributed by atoms with Crippen molar-refractivity contribution >= 4 is 7.75 Å². The van der Waals surface area contributed by atoms with Gasteiger partial charge in [-0.15, -0.1) is 0 Å². The molecule has 0 aromatic heterocycles. The van der Waals surface area contributed by atoms with Gasteiger partial charge in [-0.25, -0.2) is 10.1 Å². The van der Waals surface area contributed by atoms with E-state index in [1.54, 1.807) is 0 Å². The lowest BCUT2D eigenvalue weighted by Crippen LogP contribution is -2.06. The SMILES string of the molecule is CC(C)N.NP(=O)(O)O. The van der Waals surface area contributed by atoms with Gasteiger partial charge < -0.3 is 15.5 Å². The summed E-state index contributed by atoms with van der Waals surface area (Å²) in [5.41, 5.74) is 9.13. The van der Waals surface area contributed by atoms with E-state index < -0.39 is 7.75 Å². The normalized spacial score (nSPS) is 10.6. The van der Waals surface area contributed by atoms with Gasteiger partial charge in [0.25, 0.3) is 0 Å². The molecular weight excluding hydrogens is 143 g/mol. The Hall–Kier alpha value is 0.0700. The molecule has 0 fully saturated rings. The molecule has 0 spiro atoms. The van der Waals surface area contributed by atoms with Gasteiger partial charge in [-0.2, -0.15) is 0 Å². The summed E-state index contributed by atoms with van der Waals surface area (Å²) in [4.78, 5) is 14.8. The van der Waals surface area contributed by atoms with Crippen molar-refractivity contribution in [1.29, 1.82) is 0 Å². The summed E-state index contributed by atoms with van der Waals surface area (Å²) in [7, 11) is -4.14. The van der Waals surface area contributed by atoms with Gasteiger partial charge in [0.2, 0.25) is 0 Å². The van der Waals surface area contributed by atoms with Crippen LogP contribution in [0.5, 0.6) is 0 Å². The predicted octanol–water partition coefficient (Wildman–Crippen LogP) is -0.609. The molecule has 9 heavy (non-hydrogen) atoms. The van der Waals surface area contributed by atoms with Crippen LogP contribution in [0.25, 0.3) is 0 Å². The minimum absolute atomic E-state index is 0.333. The zero-order chi connectivity index (χ0) is 8.08. The molecular formula is C3H13N2O3P. The van der Waals surface area contributed by atoms with Crippen molar-refractivity contribution in [2.75, 3.05) is 0 Å². The van der Waals surface area contributed by atoms with Crippen LogP contribution >= 0.6 is 7.75 Å². The zero-order valence-electron chi connectivity index (χ0n) is 5.48. The van der Waals surface area contributed by atoms with Gasteiger partial charge in [0.1, 0.15) is 0 Å². The second-order valence-electron chi connectivity index (χ2n) is 1.83. The first-order valence-corrected chi connectivity index (χ1v) is 4.01. The summed E-state index contributed by atoms with van der Waals surface area (Å²) in [6, 6.07) is 0.333. The van der Waals surface area contributed by atoms with Gasteiger partial charge in [-0.1, -0.05) is 13.8 Å². The van der Waals surface area contributed by atoms with Crippen LogP contribution in [0.15, 0.2) is 0 Å². The average molecular weight is 156 g/mol. The third-order valence-electron chi connectivity index (χ3n) is 0. The quantitative estimate of drug-likeness (QED) is 0.350. The van der Waals surface area contributed by atoms with E-state index in [9.17, 15) is 0 Å². The lowest BCUT2D eigenvalue weighted by molar-refractivity contribution is 0.374. The first-order chi connectivity index (χ1) is 3.73. The monoisotopic (exact) mass is 156 g/mol. The van der Waals surface area contributed by atoms with E-state index in [4.69, 9.17) is 20.1 Å². The van der Waals surface area contributed by atoms with Crippen LogP contribution in [0.2, 0.25) is 0 Å². The Morgan fingerprint density at radius 3 is 1.44 bits per heavy atom. The first kappa shape index (κ1) is 11.8. The van der Waals surface area contributed by atoms with Gasteiger partial charge in [0.15, 0.2) is 0 Å². The molecule has 0 amide bonds. The Morgan fingerprint density at radius 1 is 1.44 bits per heavy atom. The Bertz CT molecular complexity index is 88.2. The van der Waals surface area contributed by atoms with Gasteiger partial charge in [-0.05, 0) is 6.04 Å². The van der Waals surface area contributed by atoms with Gasteiger partial charge in [0, 0.05) is 0 Å². The van der Waals surface area contributed by atoms with Crippen molar-refractivity contribution in [2.45, 2.75) is 19.9 Å². The fourth-order valence-corrected chi connectivity index (χ4v) is 0. The van der Waals surface area contributed by atoms with Crippen LogP contribution in [-0.2, 0) is 4.57 Å². The Kier molecular flexibility index (Phi) is 6.44. The second kappa shape index (κ2) is 4.90. The van der Waals surface area contributed by atoms with Crippen LogP contribution < -0.4 is 11.2 Å². The summed E-state index contributed by atoms with van der Waals surface area (Å²) in [6.07, 6.45) is 0. The molecule has 0 saturated heterocycles. The largest absolute Gasteiger partial charge is 0.397 e. The van der Waals surface area contributed by atoms with E-state index in [1.807, 2.05) is 13.8 Å². The minimum Gasteiger partial charge on any atom is -0.328 e. The van der Waals surface area contributed by atoms with E-state index >= 15 is 0 Å². The number of nitrogens with two attached hydrogens (primary N) is 2. The second-order valence-corrected chi connectivity index (χ2v) is 3.01. The Balaban J connectivity index is 0. The highest BCUT2D eigenvalue weighted by atomic mass is 31.2. The molecule has 58 valence electrons. The van der Waals surface area contributed by atoms with Gasteiger partial charge >= 0.3 is 7.75 Å². The molecule has 0 unspecified atom stereocenters. The summed E-state index contributed by atoms with van der Waals surface area (Å²) >= 11 is 0. The third-order valence-corrected chi connectivity index (χ3v) is 0. The molecule has 0 aromatic rings. The van der Waals surface area contributed by atoms with Crippen molar-refractivity contribution in [3.63, 3.8) is 0 Å². The fourth-order valence-electron chi connectivity index (χ4n) is 0. The van der Waals surface area contributed by atoms with Crippen LogP contribution in [-0.4, -0.2) is 15.8 Å². The Morgan fingerprint density at radius 2 is 1.44 bits per heavy atom. The van der Waals surface area contributed by atoms with E-state index in [2.05, 4.69) is 5.50 Å². The van der Waals surface area contributed by atoms with Gasteiger partial charge in [0.05, 0.1) is 0 Å². The summed E-state index contributed by atoms with van der Waals surface area (Å²) in [6.45, 7) is 3.89. The summed E-state index contributed by atoms with van der Waals surface area (Å²) in [5, 5.41) is 0. The molecule has 0 rings (SSSR count). The molecule has 0 aromatic carbocycles. The summed E-state index contributed by atoms with van der Waals surface area (Å²) in [5.74, 6) is 0. The van der Waals surface area contributed by atoms with E-state index in [-0.39, 0.29) is 0 Å². The van der Waals surface area contributed by atoms with E-state index in [0.29, 0.717) is 6.04 Å². The van der Waals surface area contributed by atoms with Crippen LogP contribution in [0.3, 0.4) is 0 Å². The van der Waals surface area contributed by atoms with Crippen molar-refractivity contribution in [3.05, 3.63) is 0 Å². The van der Waals surface area contributed by atoms with Crippen molar-refractivity contribution in [1.82, 2.24) is 0 Å². The third kappa shape index (κ3) is 60700. The maximum absolute atomic E-state index is 9.10. The number of rotatable bonds is 0. The van der Waals surface area contributed by atoms with Crippen LogP contribution in [0.4, 0.5) is 0 Å². The van der Waals surface area contributed by atoms with E-state index in [1.165, 1.54) is 0 Å². The maximum Gasteiger partial charge on any atom is 0.397 e. The molecule has 0 radical (unpaired) electrons. The van der Waals surface area contributed by atoms with Crippen LogP contribution in [0.1, 0.15) is 13.8 Å². The molecule has 6 heteroatoms. The molecule has 0 heterocycles. The number of hydrogen-bond donors (Lipinski definition) is 4. The maximum atomic E-state index is 9.10.